The van der Waals surface area contributed by atoms with E-state index in [1.807, 2.05) is 13.0 Å². The lowest BCUT2D eigenvalue weighted by atomic mass is 10.1. The first kappa shape index (κ1) is 20.3. The van der Waals surface area contributed by atoms with E-state index in [-0.39, 0.29) is 17.0 Å². The Bertz CT molecular complexity index is 1120. The lowest BCUT2D eigenvalue weighted by molar-refractivity contribution is -0.138. The van der Waals surface area contributed by atoms with Crippen LogP contribution in [0.1, 0.15) is 34.6 Å². The molecule has 0 aliphatic heterocycles. The van der Waals surface area contributed by atoms with Crippen LogP contribution in [0.3, 0.4) is 0 Å². The molecular weight excluding hydrogens is 370 g/mol. The standard InChI is InChI=1S/C22H23N3O4/c1-5-25-18-12-11-16(13-17(18)23-14(2)20(25)26)22(28)29-19(21(27)24(3)4)15-9-7-6-8-10-15/h6-13,19H,5H2,1-4H3/t19-/m1/s1. The third-order valence-electron chi connectivity index (χ3n) is 4.65. The fourth-order valence-corrected chi connectivity index (χ4v) is 3.11. The number of hydrogen-bond acceptors (Lipinski definition) is 5. The van der Waals surface area contributed by atoms with Crippen molar-refractivity contribution < 1.29 is 14.3 Å². The van der Waals surface area contributed by atoms with Gasteiger partial charge < -0.3 is 14.2 Å². The van der Waals surface area contributed by atoms with Crippen molar-refractivity contribution in [1.82, 2.24) is 14.5 Å². The predicted octanol–water partition coefficient (Wildman–Crippen LogP) is 2.71. The van der Waals surface area contributed by atoms with Gasteiger partial charge in [0.15, 0.2) is 0 Å². The molecule has 7 nitrogen and oxygen atoms in total. The largest absolute Gasteiger partial charge is 0.444 e. The molecule has 3 aromatic rings. The maximum atomic E-state index is 12.8. The number of hydrogen-bond donors (Lipinski definition) is 0. The zero-order valence-corrected chi connectivity index (χ0v) is 16.9. The predicted molar refractivity (Wildman–Crippen MR) is 110 cm³/mol. The molecule has 0 N–H and O–H groups in total. The summed E-state index contributed by atoms with van der Waals surface area (Å²) >= 11 is 0. The molecule has 0 saturated carbocycles. The number of aryl methyl sites for hydroxylation is 2. The van der Waals surface area contributed by atoms with Crippen molar-refractivity contribution >= 4 is 22.9 Å². The highest BCUT2D eigenvalue weighted by molar-refractivity contribution is 5.95. The maximum Gasteiger partial charge on any atom is 0.339 e. The summed E-state index contributed by atoms with van der Waals surface area (Å²) in [5, 5.41) is 0. The second kappa shape index (κ2) is 8.26. The summed E-state index contributed by atoms with van der Waals surface area (Å²) in [4.78, 5) is 43.3. The molecule has 2 aromatic carbocycles. The molecule has 0 unspecified atom stereocenters. The Labute approximate surface area is 168 Å². The summed E-state index contributed by atoms with van der Waals surface area (Å²) in [6, 6.07) is 13.7. The molecule has 3 rings (SSSR count). The summed E-state index contributed by atoms with van der Waals surface area (Å²) in [6.45, 7) is 4.01. The van der Waals surface area contributed by atoms with Crippen LogP contribution in [-0.4, -0.2) is 40.4 Å². The number of aromatic nitrogens is 2. The number of rotatable bonds is 5. The molecule has 1 amide bonds. The van der Waals surface area contributed by atoms with E-state index in [9.17, 15) is 14.4 Å². The fourth-order valence-electron chi connectivity index (χ4n) is 3.11. The van der Waals surface area contributed by atoms with Crippen molar-refractivity contribution in [2.75, 3.05) is 14.1 Å². The van der Waals surface area contributed by atoms with Crippen LogP contribution in [0, 0.1) is 6.92 Å². The van der Waals surface area contributed by atoms with Crippen LogP contribution < -0.4 is 5.56 Å². The topological polar surface area (TPSA) is 81.5 Å². The highest BCUT2D eigenvalue weighted by atomic mass is 16.5. The summed E-state index contributed by atoms with van der Waals surface area (Å²) in [6.07, 6.45) is -1.05. The number of likely N-dealkylation sites (N-methyl/N-ethyl adjacent to an activating group) is 1. The number of nitrogens with zero attached hydrogens (tertiary/aromatic N) is 3. The Morgan fingerprint density at radius 3 is 2.45 bits per heavy atom. The molecule has 0 aliphatic rings. The number of carbonyl (C=O) groups is 2. The lowest BCUT2D eigenvalue weighted by Crippen LogP contribution is -2.31. The van der Waals surface area contributed by atoms with Gasteiger partial charge in [0.2, 0.25) is 6.10 Å². The zero-order valence-electron chi connectivity index (χ0n) is 16.9. The molecule has 150 valence electrons. The highest BCUT2D eigenvalue weighted by Gasteiger charge is 2.27. The molecule has 0 spiro atoms. The van der Waals surface area contributed by atoms with Gasteiger partial charge in [-0.15, -0.1) is 0 Å². The normalized spacial score (nSPS) is 11.9. The lowest BCUT2D eigenvalue weighted by Gasteiger charge is -2.21. The molecule has 0 fully saturated rings. The van der Waals surface area contributed by atoms with Crippen molar-refractivity contribution in [3.8, 4) is 0 Å². The third kappa shape index (κ3) is 4.03. The molecule has 1 aromatic heterocycles. The molecule has 1 atom stereocenters. The average Bonchev–Trinajstić information content (AvgIpc) is 2.72. The molecular formula is C22H23N3O4. The fraction of sp³-hybridized carbons (Fsp3) is 0.273. The number of ether oxygens (including phenoxy) is 1. The first-order chi connectivity index (χ1) is 13.8. The second-order valence-electron chi connectivity index (χ2n) is 6.88. The van der Waals surface area contributed by atoms with Gasteiger partial charge >= 0.3 is 5.97 Å². The first-order valence-corrected chi connectivity index (χ1v) is 9.31. The van der Waals surface area contributed by atoms with E-state index in [0.29, 0.717) is 28.8 Å². The van der Waals surface area contributed by atoms with Crippen LogP contribution in [0.4, 0.5) is 0 Å². The second-order valence-corrected chi connectivity index (χ2v) is 6.88. The minimum atomic E-state index is -1.05. The number of esters is 1. The third-order valence-corrected chi connectivity index (χ3v) is 4.65. The zero-order chi connectivity index (χ0) is 21.1. The van der Waals surface area contributed by atoms with Crippen LogP contribution in [-0.2, 0) is 16.1 Å². The van der Waals surface area contributed by atoms with Crippen molar-refractivity contribution in [2.24, 2.45) is 0 Å². The van der Waals surface area contributed by atoms with Gasteiger partial charge in [-0.2, -0.15) is 0 Å². The smallest absolute Gasteiger partial charge is 0.339 e. The summed E-state index contributed by atoms with van der Waals surface area (Å²) in [5.74, 6) is -0.969. The number of carbonyl (C=O) groups excluding carboxylic acids is 2. The van der Waals surface area contributed by atoms with Gasteiger partial charge in [-0.3, -0.25) is 9.59 Å². The quantitative estimate of drug-likeness (QED) is 0.623. The van der Waals surface area contributed by atoms with Gasteiger partial charge in [0, 0.05) is 26.2 Å². The Morgan fingerprint density at radius 2 is 1.83 bits per heavy atom. The Hall–Kier alpha value is -3.48. The van der Waals surface area contributed by atoms with Crippen molar-refractivity contribution in [3.05, 3.63) is 75.7 Å². The Kier molecular flexibility index (Phi) is 5.77. The van der Waals surface area contributed by atoms with Gasteiger partial charge in [-0.25, -0.2) is 9.78 Å². The SMILES string of the molecule is CCn1c(=O)c(C)nc2cc(C(=O)O[C@@H](C(=O)N(C)C)c3ccccc3)ccc21. The number of benzene rings is 2. The Morgan fingerprint density at radius 1 is 1.14 bits per heavy atom. The van der Waals surface area contributed by atoms with Crippen LogP contribution in [0.25, 0.3) is 11.0 Å². The summed E-state index contributed by atoms with van der Waals surface area (Å²) in [7, 11) is 3.22. The van der Waals surface area contributed by atoms with Crippen LogP contribution >= 0.6 is 0 Å². The van der Waals surface area contributed by atoms with E-state index in [1.165, 1.54) is 4.90 Å². The summed E-state index contributed by atoms with van der Waals surface area (Å²) < 4.78 is 7.18. The molecule has 1 heterocycles. The monoisotopic (exact) mass is 393 g/mol. The van der Waals surface area contributed by atoms with Crippen molar-refractivity contribution in [3.63, 3.8) is 0 Å². The molecule has 0 aliphatic carbocycles. The van der Waals surface area contributed by atoms with Gasteiger partial charge in [-0.1, -0.05) is 30.3 Å². The maximum absolute atomic E-state index is 12.8. The molecule has 29 heavy (non-hydrogen) atoms. The van der Waals surface area contributed by atoms with Crippen LogP contribution in [0.2, 0.25) is 0 Å². The Balaban J connectivity index is 1.98. The van der Waals surface area contributed by atoms with Crippen LogP contribution in [0.5, 0.6) is 0 Å². The molecule has 0 radical (unpaired) electrons. The van der Waals surface area contributed by atoms with E-state index in [1.54, 1.807) is 68.1 Å². The molecule has 0 saturated heterocycles. The first-order valence-electron chi connectivity index (χ1n) is 9.31. The average molecular weight is 393 g/mol. The van der Waals surface area contributed by atoms with E-state index < -0.39 is 12.1 Å². The van der Waals surface area contributed by atoms with Gasteiger partial charge in [0.1, 0.15) is 5.69 Å². The molecule has 7 heteroatoms. The van der Waals surface area contributed by atoms with Crippen LogP contribution in [0.15, 0.2) is 53.3 Å². The van der Waals surface area contributed by atoms with E-state index in [2.05, 4.69) is 4.98 Å². The summed E-state index contributed by atoms with van der Waals surface area (Å²) in [5.41, 5.74) is 2.22. The van der Waals surface area contributed by atoms with E-state index in [4.69, 9.17) is 4.74 Å². The highest BCUT2D eigenvalue weighted by Crippen LogP contribution is 2.22. The van der Waals surface area contributed by atoms with Gasteiger partial charge in [0.05, 0.1) is 16.6 Å². The van der Waals surface area contributed by atoms with Gasteiger partial charge in [0.25, 0.3) is 11.5 Å². The number of fused-ring (bicyclic) bond motifs is 1. The van der Waals surface area contributed by atoms with Crippen molar-refractivity contribution in [1.29, 1.82) is 0 Å². The minimum absolute atomic E-state index is 0.156. The minimum Gasteiger partial charge on any atom is -0.444 e. The van der Waals surface area contributed by atoms with Gasteiger partial charge in [-0.05, 0) is 32.0 Å². The van der Waals surface area contributed by atoms with E-state index >= 15 is 0 Å². The van der Waals surface area contributed by atoms with Crippen molar-refractivity contribution in [2.45, 2.75) is 26.5 Å². The molecule has 0 bridgehead atoms. The number of amides is 1. The van der Waals surface area contributed by atoms with E-state index in [0.717, 1.165) is 0 Å².